The molecule has 0 fully saturated rings. The van der Waals surface area contributed by atoms with E-state index in [0.29, 0.717) is 0 Å². The SMILES string of the molecule is O=C(NCCO[N+](=O)O)c1ccc[n+](COP(=O)(OCc2ccccc2)OCc2ccccc2)c1. The van der Waals surface area contributed by atoms with E-state index in [1.54, 1.807) is 18.3 Å². The molecule has 0 aliphatic carbocycles. The summed E-state index contributed by atoms with van der Waals surface area (Å²) in [6.07, 6.45) is 3.11. The number of nitrogens with one attached hydrogen (secondary N) is 1. The summed E-state index contributed by atoms with van der Waals surface area (Å²) in [7, 11) is -3.98. The molecule has 184 valence electrons. The molecule has 0 unspecified atom stereocenters. The van der Waals surface area contributed by atoms with Gasteiger partial charge in [0.2, 0.25) is 0 Å². The first-order valence-corrected chi connectivity index (χ1v) is 12.1. The van der Waals surface area contributed by atoms with Gasteiger partial charge in [-0.25, -0.2) is 14.3 Å². The van der Waals surface area contributed by atoms with Crippen molar-refractivity contribution in [3.8, 4) is 0 Å². The van der Waals surface area contributed by atoms with Crippen molar-refractivity contribution in [2.45, 2.75) is 19.9 Å². The summed E-state index contributed by atoms with van der Waals surface area (Å²) in [4.78, 5) is 26.8. The second-order valence-corrected chi connectivity index (χ2v) is 8.83. The maximum Gasteiger partial charge on any atom is 0.480 e. The van der Waals surface area contributed by atoms with Crippen molar-refractivity contribution < 1.29 is 42.6 Å². The number of hydrogen-bond donors (Lipinski definition) is 2. The summed E-state index contributed by atoms with van der Waals surface area (Å²) in [6.45, 7) is -0.365. The average molecular weight is 503 g/mol. The van der Waals surface area contributed by atoms with E-state index in [4.69, 9.17) is 18.8 Å². The predicted molar refractivity (Wildman–Crippen MR) is 121 cm³/mol. The highest BCUT2D eigenvalue weighted by atomic mass is 31.2. The van der Waals surface area contributed by atoms with Crippen molar-refractivity contribution in [1.29, 1.82) is 0 Å². The highest BCUT2D eigenvalue weighted by Gasteiger charge is 2.29. The van der Waals surface area contributed by atoms with Gasteiger partial charge in [0.25, 0.3) is 12.6 Å². The van der Waals surface area contributed by atoms with Crippen LogP contribution in [0.4, 0.5) is 0 Å². The summed E-state index contributed by atoms with van der Waals surface area (Å²) in [5.74, 6) is -0.442. The van der Waals surface area contributed by atoms with Gasteiger partial charge >= 0.3 is 12.9 Å². The largest absolute Gasteiger partial charge is 0.480 e. The number of nitrogens with zero attached hydrogens (tertiary/aromatic N) is 2. The predicted octanol–water partition coefficient (Wildman–Crippen LogP) is 3.32. The maximum atomic E-state index is 13.4. The number of phosphoric acid groups is 1. The molecule has 3 rings (SSSR count). The van der Waals surface area contributed by atoms with Gasteiger partial charge in [0.1, 0.15) is 10.5 Å². The maximum absolute atomic E-state index is 13.4. The van der Waals surface area contributed by atoms with Crippen LogP contribution in [-0.4, -0.2) is 29.4 Å². The number of benzene rings is 2. The molecule has 0 saturated carbocycles. The smallest absolute Gasteiger partial charge is 0.348 e. The van der Waals surface area contributed by atoms with Gasteiger partial charge in [0, 0.05) is 6.07 Å². The van der Waals surface area contributed by atoms with Crippen molar-refractivity contribution >= 4 is 13.7 Å². The van der Waals surface area contributed by atoms with Gasteiger partial charge in [-0.3, -0.25) is 13.8 Å². The van der Waals surface area contributed by atoms with E-state index >= 15 is 0 Å². The monoisotopic (exact) mass is 503 g/mol. The minimum atomic E-state index is -3.98. The van der Waals surface area contributed by atoms with Crippen LogP contribution >= 0.6 is 7.82 Å². The second kappa shape index (κ2) is 13.3. The highest BCUT2D eigenvalue weighted by Crippen LogP contribution is 2.50. The third-order valence-corrected chi connectivity index (χ3v) is 5.86. The summed E-state index contributed by atoms with van der Waals surface area (Å²) < 4.78 is 31.6. The van der Waals surface area contributed by atoms with E-state index in [2.05, 4.69) is 10.2 Å². The first kappa shape index (κ1) is 26.0. The molecular formula is C23H26N3O8P+2. The zero-order valence-electron chi connectivity index (χ0n) is 18.8. The van der Waals surface area contributed by atoms with Crippen molar-refractivity contribution in [3.05, 3.63) is 107 Å². The van der Waals surface area contributed by atoms with Crippen LogP contribution in [0.2, 0.25) is 0 Å². The quantitative estimate of drug-likeness (QED) is 0.148. The summed E-state index contributed by atoms with van der Waals surface area (Å²) in [5.41, 5.74) is 1.89. The molecule has 11 nitrogen and oxygen atoms in total. The molecule has 0 spiro atoms. The summed E-state index contributed by atoms with van der Waals surface area (Å²) in [5, 5.41) is 10.2. The second-order valence-electron chi connectivity index (χ2n) is 7.16. The first-order chi connectivity index (χ1) is 16.9. The summed E-state index contributed by atoms with van der Waals surface area (Å²) >= 11 is 0. The van der Waals surface area contributed by atoms with Gasteiger partial charge in [0.15, 0.2) is 19.0 Å². The number of phosphoric ester groups is 1. The summed E-state index contributed by atoms with van der Waals surface area (Å²) in [6, 6.07) is 21.6. The molecule has 1 heterocycles. The first-order valence-electron chi connectivity index (χ1n) is 10.6. The molecule has 1 aromatic heterocycles. The van der Waals surface area contributed by atoms with Crippen LogP contribution in [0.3, 0.4) is 0 Å². The van der Waals surface area contributed by atoms with E-state index in [1.807, 2.05) is 60.7 Å². The van der Waals surface area contributed by atoms with Gasteiger partial charge in [-0.1, -0.05) is 60.7 Å². The molecule has 0 bridgehead atoms. The number of amides is 1. The van der Waals surface area contributed by atoms with Crippen molar-refractivity contribution in [3.63, 3.8) is 0 Å². The Kier molecular flexibility index (Phi) is 9.88. The number of pyridine rings is 1. The molecule has 0 radical (unpaired) electrons. The molecular weight excluding hydrogens is 477 g/mol. The number of rotatable bonds is 14. The molecule has 0 saturated heterocycles. The van der Waals surface area contributed by atoms with E-state index in [9.17, 15) is 14.3 Å². The molecule has 12 heteroatoms. The van der Waals surface area contributed by atoms with Crippen molar-refractivity contribution in [2.24, 2.45) is 0 Å². The standard InChI is InChI=1S/C23H25N3O8P/c27-23(24-13-15-31-26(28)29)22-12-7-14-25(16-22)19-34-35(30,32-17-20-8-3-1-4-9-20)33-18-21-10-5-2-6-11-21/h1-12,14,16H,13,15,17-19H2,(H-,24,27,28,29)/q+1/p+1. The molecule has 2 aromatic carbocycles. The fourth-order valence-corrected chi connectivity index (χ4v) is 3.94. The number of carbonyl (C=O) groups excluding carboxylic acids is 1. The van der Waals surface area contributed by atoms with Gasteiger partial charge in [-0.15, -0.1) is 0 Å². The Morgan fingerprint density at radius 3 is 2.09 bits per heavy atom. The Morgan fingerprint density at radius 1 is 0.914 bits per heavy atom. The number of aromatic nitrogens is 1. The van der Waals surface area contributed by atoms with Crippen LogP contribution in [0.25, 0.3) is 0 Å². The molecule has 0 atom stereocenters. The molecule has 2 N–H and O–H groups in total. The molecule has 1 amide bonds. The van der Waals surface area contributed by atoms with Gasteiger partial charge in [-0.05, 0) is 17.2 Å². The molecule has 0 aliphatic rings. The lowest BCUT2D eigenvalue weighted by Gasteiger charge is -2.17. The van der Waals surface area contributed by atoms with Crippen molar-refractivity contribution in [2.75, 3.05) is 13.2 Å². The van der Waals surface area contributed by atoms with E-state index in [1.165, 1.54) is 10.8 Å². The van der Waals surface area contributed by atoms with Crippen LogP contribution in [-0.2, 0) is 42.9 Å². The Bertz CT molecular complexity index is 1100. The molecule has 35 heavy (non-hydrogen) atoms. The van der Waals surface area contributed by atoms with Crippen LogP contribution < -0.4 is 9.88 Å². The fraction of sp³-hybridized carbons (Fsp3) is 0.217. The third-order valence-electron chi connectivity index (χ3n) is 4.54. The zero-order valence-corrected chi connectivity index (χ0v) is 19.7. The van der Waals surface area contributed by atoms with E-state index < -0.39 is 18.8 Å². The minimum Gasteiger partial charge on any atom is -0.348 e. The lowest BCUT2D eigenvalue weighted by Crippen LogP contribution is -2.37. The Labute approximate surface area is 201 Å². The normalized spacial score (nSPS) is 11.1. The molecule has 0 aliphatic heterocycles. The van der Waals surface area contributed by atoms with Gasteiger partial charge in [0.05, 0.1) is 19.8 Å². The zero-order chi connectivity index (χ0) is 24.9. The van der Waals surface area contributed by atoms with Crippen LogP contribution in [0, 0.1) is 4.91 Å². The van der Waals surface area contributed by atoms with Gasteiger partial charge in [-0.2, -0.15) is 9.40 Å². The Morgan fingerprint density at radius 2 is 1.51 bits per heavy atom. The highest BCUT2D eigenvalue weighted by molar-refractivity contribution is 7.48. The molecule has 3 aromatic rings. The minimum absolute atomic E-state index is 0.000614. The average Bonchev–Trinajstić information content (AvgIpc) is 2.89. The van der Waals surface area contributed by atoms with E-state index in [0.717, 1.165) is 11.1 Å². The van der Waals surface area contributed by atoms with Gasteiger partial charge < -0.3 is 5.32 Å². The third kappa shape index (κ3) is 9.26. The Hall–Kier alpha value is -3.63. The lowest BCUT2D eigenvalue weighted by atomic mass is 10.2. The lowest BCUT2D eigenvalue weighted by molar-refractivity contribution is -0.975. The van der Waals surface area contributed by atoms with Crippen LogP contribution in [0.1, 0.15) is 21.5 Å². The number of carbonyl (C=O) groups is 1. The van der Waals surface area contributed by atoms with Crippen LogP contribution in [0.5, 0.6) is 0 Å². The van der Waals surface area contributed by atoms with E-state index in [-0.39, 0.29) is 38.7 Å². The number of hydrogen-bond acceptors (Lipinski definition) is 7. The Balaban J connectivity index is 1.62. The fourth-order valence-electron chi connectivity index (χ4n) is 2.83. The van der Waals surface area contributed by atoms with Crippen molar-refractivity contribution in [1.82, 2.24) is 5.32 Å². The van der Waals surface area contributed by atoms with Crippen LogP contribution in [0.15, 0.2) is 85.2 Å². The topological polar surface area (TPSA) is 127 Å².